The topological polar surface area (TPSA) is 75.7 Å². The number of nitrogens with one attached hydrogen (secondary N) is 1. The van der Waals surface area contributed by atoms with E-state index in [1.807, 2.05) is 0 Å². The van der Waals surface area contributed by atoms with Crippen molar-refractivity contribution in [2.75, 3.05) is 6.26 Å². The minimum Gasteiger partial charge on any atom is -0.197 e. The molecule has 3 aromatic rings. The van der Waals surface area contributed by atoms with E-state index in [-0.39, 0.29) is 6.15 Å². The number of nitrogens with zero attached hydrogens (tertiary/aromatic N) is 2. The van der Waals surface area contributed by atoms with Crippen LogP contribution >= 0.6 is 23.5 Å². The standard InChI is InChI=1S/C16H15N3S2.CO2/c1-20-15-8-6-14(7-9-15)13-4-2-12(3-5-13)11-21-16-10-17-19-18-16;2-1-3/h2-10H,11H2,1H3,(H,17,18,19);. The fraction of sp³-hybridized carbons (Fsp3) is 0.118. The summed E-state index contributed by atoms with van der Waals surface area (Å²) in [4.78, 5) is 17.5. The number of hydrogen-bond acceptors (Lipinski definition) is 6. The molecule has 7 heteroatoms. The zero-order valence-corrected chi connectivity index (χ0v) is 14.6. The normalized spacial score (nSPS) is 9.71. The SMILES string of the molecule is CSc1ccc(-c2ccc(CSc3cn[nH]n3)cc2)cc1.O=C=O. The maximum absolute atomic E-state index is 8.12. The fourth-order valence-electron chi connectivity index (χ4n) is 1.99. The summed E-state index contributed by atoms with van der Waals surface area (Å²) >= 11 is 3.44. The number of aromatic amines is 1. The predicted molar refractivity (Wildman–Crippen MR) is 94.6 cm³/mol. The summed E-state index contributed by atoms with van der Waals surface area (Å²) in [5.41, 5.74) is 3.79. The summed E-state index contributed by atoms with van der Waals surface area (Å²) in [6, 6.07) is 17.4. The quantitative estimate of drug-likeness (QED) is 0.698. The Balaban J connectivity index is 0.000000647. The lowest BCUT2D eigenvalue weighted by Crippen LogP contribution is -1.83. The number of H-pyrrole nitrogens is 1. The third-order valence-corrected chi connectivity index (χ3v) is 4.87. The van der Waals surface area contributed by atoms with E-state index in [2.05, 4.69) is 70.2 Å². The van der Waals surface area contributed by atoms with Crippen LogP contribution in [-0.2, 0) is 15.3 Å². The molecule has 1 N–H and O–H groups in total. The molecular formula is C17H15N3O2S2. The van der Waals surface area contributed by atoms with Crippen molar-refractivity contribution in [1.29, 1.82) is 0 Å². The second kappa shape index (κ2) is 9.72. The Morgan fingerprint density at radius 3 is 2.08 bits per heavy atom. The number of hydrogen-bond donors (Lipinski definition) is 1. The van der Waals surface area contributed by atoms with Gasteiger partial charge in [0.1, 0.15) is 5.03 Å². The summed E-state index contributed by atoms with van der Waals surface area (Å²) in [5, 5.41) is 11.4. The van der Waals surface area contributed by atoms with Crippen molar-refractivity contribution in [3.8, 4) is 11.1 Å². The van der Waals surface area contributed by atoms with E-state index in [9.17, 15) is 0 Å². The molecule has 24 heavy (non-hydrogen) atoms. The molecule has 0 radical (unpaired) electrons. The minimum absolute atomic E-state index is 0.250. The molecule has 0 spiro atoms. The van der Waals surface area contributed by atoms with E-state index >= 15 is 0 Å². The number of aromatic nitrogens is 3. The van der Waals surface area contributed by atoms with Crippen LogP contribution in [0.15, 0.2) is 64.6 Å². The van der Waals surface area contributed by atoms with Crippen molar-refractivity contribution in [3.05, 3.63) is 60.3 Å². The first-order chi connectivity index (χ1) is 11.8. The molecule has 5 nitrogen and oxygen atoms in total. The second-order valence-electron chi connectivity index (χ2n) is 4.61. The average Bonchev–Trinajstić information content (AvgIpc) is 3.15. The largest absolute Gasteiger partial charge is 0.373 e. The van der Waals surface area contributed by atoms with Gasteiger partial charge in [0.2, 0.25) is 0 Å². The Kier molecular flexibility index (Phi) is 7.29. The molecule has 0 bridgehead atoms. The van der Waals surface area contributed by atoms with Gasteiger partial charge in [-0.05, 0) is 35.1 Å². The van der Waals surface area contributed by atoms with Gasteiger partial charge in [0, 0.05) is 10.6 Å². The molecule has 2 aromatic carbocycles. The van der Waals surface area contributed by atoms with E-state index in [0.717, 1.165) is 10.8 Å². The van der Waals surface area contributed by atoms with Crippen molar-refractivity contribution in [1.82, 2.24) is 15.4 Å². The summed E-state index contributed by atoms with van der Waals surface area (Å²) in [6.07, 6.45) is 4.09. The van der Waals surface area contributed by atoms with Gasteiger partial charge >= 0.3 is 6.15 Å². The van der Waals surface area contributed by atoms with Gasteiger partial charge < -0.3 is 0 Å². The van der Waals surface area contributed by atoms with Crippen LogP contribution < -0.4 is 0 Å². The third kappa shape index (κ3) is 5.38. The van der Waals surface area contributed by atoms with E-state index < -0.39 is 0 Å². The van der Waals surface area contributed by atoms with Gasteiger partial charge in [-0.25, -0.2) is 0 Å². The molecule has 1 aromatic heterocycles. The van der Waals surface area contributed by atoms with Crippen LogP contribution in [0.25, 0.3) is 11.1 Å². The van der Waals surface area contributed by atoms with Gasteiger partial charge in [0.25, 0.3) is 0 Å². The monoisotopic (exact) mass is 357 g/mol. The van der Waals surface area contributed by atoms with Gasteiger partial charge in [-0.1, -0.05) is 48.2 Å². The molecule has 0 unspecified atom stereocenters. The Bertz CT molecular complexity index is 767. The smallest absolute Gasteiger partial charge is 0.197 e. The number of benzene rings is 2. The average molecular weight is 357 g/mol. The summed E-state index contributed by atoms with van der Waals surface area (Å²) in [5.74, 6) is 0.901. The zero-order chi connectivity index (χ0) is 17.2. The molecule has 0 fully saturated rings. The summed E-state index contributed by atoms with van der Waals surface area (Å²) < 4.78 is 0. The van der Waals surface area contributed by atoms with Crippen LogP contribution in [0.3, 0.4) is 0 Å². The minimum atomic E-state index is 0.250. The molecule has 3 rings (SSSR count). The maximum atomic E-state index is 8.12. The maximum Gasteiger partial charge on any atom is 0.373 e. The number of thioether (sulfide) groups is 2. The van der Waals surface area contributed by atoms with Crippen molar-refractivity contribution in [2.45, 2.75) is 15.7 Å². The van der Waals surface area contributed by atoms with E-state index in [0.29, 0.717) is 0 Å². The highest BCUT2D eigenvalue weighted by Gasteiger charge is 2.01. The Morgan fingerprint density at radius 2 is 1.58 bits per heavy atom. The first-order valence-corrected chi connectivity index (χ1v) is 9.19. The van der Waals surface area contributed by atoms with E-state index in [4.69, 9.17) is 9.59 Å². The molecule has 0 saturated carbocycles. The first kappa shape index (κ1) is 18.0. The highest BCUT2D eigenvalue weighted by Crippen LogP contribution is 2.25. The van der Waals surface area contributed by atoms with Crippen molar-refractivity contribution >= 4 is 29.7 Å². The molecular weight excluding hydrogens is 342 g/mol. The molecule has 1 heterocycles. The lowest BCUT2D eigenvalue weighted by molar-refractivity contribution is -0.191. The zero-order valence-electron chi connectivity index (χ0n) is 12.9. The lowest BCUT2D eigenvalue weighted by Gasteiger charge is -2.05. The third-order valence-electron chi connectivity index (χ3n) is 3.16. The number of rotatable bonds is 5. The van der Waals surface area contributed by atoms with E-state index in [1.165, 1.54) is 21.6 Å². The van der Waals surface area contributed by atoms with Crippen LogP contribution in [0.4, 0.5) is 0 Å². The van der Waals surface area contributed by atoms with Gasteiger partial charge in [-0.15, -0.1) is 16.9 Å². The fourth-order valence-corrected chi connectivity index (χ4v) is 3.14. The Morgan fingerprint density at radius 1 is 1.00 bits per heavy atom. The van der Waals surface area contributed by atoms with Crippen LogP contribution in [0.5, 0.6) is 0 Å². The Hall–Kier alpha value is -2.34. The Labute approximate surface area is 148 Å². The van der Waals surface area contributed by atoms with Crippen molar-refractivity contribution in [2.24, 2.45) is 0 Å². The molecule has 0 aliphatic carbocycles. The van der Waals surface area contributed by atoms with Crippen LogP contribution in [-0.4, -0.2) is 27.8 Å². The number of carbonyl (C=O) groups excluding carboxylic acids is 2. The van der Waals surface area contributed by atoms with Crippen molar-refractivity contribution < 1.29 is 9.59 Å². The van der Waals surface area contributed by atoms with Gasteiger partial charge in [0.15, 0.2) is 0 Å². The van der Waals surface area contributed by atoms with Crippen LogP contribution in [0.1, 0.15) is 5.56 Å². The van der Waals surface area contributed by atoms with E-state index in [1.54, 1.807) is 29.7 Å². The predicted octanol–water partition coefficient (Wildman–Crippen LogP) is 3.90. The van der Waals surface area contributed by atoms with Gasteiger partial charge in [0.05, 0.1) is 6.20 Å². The van der Waals surface area contributed by atoms with Gasteiger partial charge in [-0.3, -0.25) is 0 Å². The second-order valence-corrected chi connectivity index (χ2v) is 6.48. The lowest BCUT2D eigenvalue weighted by atomic mass is 10.0. The van der Waals surface area contributed by atoms with Crippen LogP contribution in [0, 0.1) is 0 Å². The molecule has 0 aliphatic rings. The van der Waals surface area contributed by atoms with Crippen LogP contribution in [0.2, 0.25) is 0 Å². The first-order valence-electron chi connectivity index (χ1n) is 6.98. The molecule has 0 saturated heterocycles. The molecule has 0 atom stereocenters. The highest BCUT2D eigenvalue weighted by atomic mass is 32.2. The van der Waals surface area contributed by atoms with Gasteiger partial charge in [-0.2, -0.15) is 19.9 Å². The summed E-state index contributed by atoms with van der Waals surface area (Å²) in [6.45, 7) is 0. The summed E-state index contributed by atoms with van der Waals surface area (Å²) in [7, 11) is 0. The molecule has 0 aliphatic heterocycles. The highest BCUT2D eigenvalue weighted by molar-refractivity contribution is 7.98. The molecule has 0 amide bonds. The molecule has 122 valence electrons. The van der Waals surface area contributed by atoms with Crippen molar-refractivity contribution in [3.63, 3.8) is 0 Å².